The van der Waals surface area contributed by atoms with Crippen molar-refractivity contribution in [3.63, 3.8) is 0 Å². The van der Waals surface area contributed by atoms with Gasteiger partial charge in [0.05, 0.1) is 11.6 Å². The monoisotopic (exact) mass is 546 g/mol. The average molecular weight is 547 g/mol. The first-order valence-electron chi connectivity index (χ1n) is 13.0. The number of aryl methyl sites for hydroxylation is 1. The van der Waals surface area contributed by atoms with E-state index in [1.54, 1.807) is 12.1 Å². The molecule has 10 nitrogen and oxygen atoms in total. The van der Waals surface area contributed by atoms with E-state index in [0.29, 0.717) is 57.5 Å². The Balaban J connectivity index is 1.30. The van der Waals surface area contributed by atoms with Gasteiger partial charge in [0.25, 0.3) is 11.4 Å². The first-order valence-corrected chi connectivity index (χ1v) is 13.0. The van der Waals surface area contributed by atoms with Gasteiger partial charge < -0.3 is 19.1 Å². The molecule has 1 N–H and O–H groups in total. The summed E-state index contributed by atoms with van der Waals surface area (Å²) in [6.07, 6.45) is -2.09. The molecule has 1 aliphatic rings. The first kappa shape index (κ1) is 26.6. The number of aromatic amines is 1. The fourth-order valence-electron chi connectivity index (χ4n) is 4.84. The van der Waals surface area contributed by atoms with Crippen LogP contribution < -0.4 is 20.9 Å². The van der Waals surface area contributed by atoms with Gasteiger partial charge in [-0.05, 0) is 36.2 Å². The number of fused-ring (bicyclic) bond motifs is 1. The van der Waals surface area contributed by atoms with Crippen LogP contribution in [0.5, 0.6) is 5.88 Å². The molecule has 3 aromatic heterocycles. The summed E-state index contributed by atoms with van der Waals surface area (Å²) in [6, 6.07) is 6.87. The number of halogens is 3. The van der Waals surface area contributed by atoms with Crippen LogP contribution in [0.3, 0.4) is 0 Å². The van der Waals surface area contributed by atoms with Crippen LogP contribution >= 0.6 is 0 Å². The molecular formula is C26H29F3N6O4. The number of anilines is 1. The van der Waals surface area contributed by atoms with Gasteiger partial charge in [-0.2, -0.15) is 13.2 Å². The Morgan fingerprint density at radius 3 is 2.49 bits per heavy atom. The molecule has 0 aliphatic carbocycles. The number of nitrogens with one attached hydrogen (secondary N) is 1. The van der Waals surface area contributed by atoms with Gasteiger partial charge in [0, 0.05) is 44.7 Å². The van der Waals surface area contributed by atoms with Crippen molar-refractivity contribution >= 4 is 16.9 Å². The predicted molar refractivity (Wildman–Crippen MR) is 138 cm³/mol. The minimum Gasteiger partial charge on any atom is -0.472 e. The molecule has 1 saturated heterocycles. The Labute approximate surface area is 221 Å². The second-order valence-corrected chi connectivity index (χ2v) is 9.56. The molecule has 1 aromatic carbocycles. The highest BCUT2D eigenvalue weighted by Crippen LogP contribution is 2.33. The quantitative estimate of drug-likeness (QED) is 0.348. The summed E-state index contributed by atoms with van der Waals surface area (Å²) >= 11 is 0. The maximum atomic E-state index is 13.1. The van der Waals surface area contributed by atoms with Gasteiger partial charge in [0.1, 0.15) is 6.10 Å². The number of alkyl halides is 3. The van der Waals surface area contributed by atoms with E-state index >= 15 is 0 Å². The molecule has 0 atom stereocenters. The SMILES string of the molecule is CCCn1c(=O)c2[nH]c(-c3cc(OC4CCN(c5cccc(C(F)(F)F)c5)CC4)no3)nc2n(CCC)c1=O. The van der Waals surface area contributed by atoms with E-state index in [1.807, 2.05) is 18.7 Å². The Morgan fingerprint density at radius 2 is 1.79 bits per heavy atom. The van der Waals surface area contributed by atoms with Crippen molar-refractivity contribution in [1.29, 1.82) is 0 Å². The molecule has 1 fully saturated rings. The Kier molecular flexibility index (Phi) is 7.23. The van der Waals surface area contributed by atoms with E-state index in [-0.39, 0.29) is 34.7 Å². The van der Waals surface area contributed by atoms with Crippen molar-refractivity contribution < 1.29 is 22.4 Å². The molecule has 1 aliphatic heterocycles. The van der Waals surface area contributed by atoms with Crippen LogP contribution in [-0.4, -0.2) is 43.5 Å². The summed E-state index contributed by atoms with van der Waals surface area (Å²) in [5.41, 5.74) is -0.507. The highest BCUT2D eigenvalue weighted by atomic mass is 19.4. The molecule has 0 saturated carbocycles. The number of aromatic nitrogens is 5. The molecule has 0 amide bonds. The topological polar surface area (TPSA) is 111 Å². The predicted octanol–water partition coefficient (Wildman–Crippen LogP) is 4.43. The van der Waals surface area contributed by atoms with E-state index in [9.17, 15) is 22.8 Å². The minimum atomic E-state index is -4.39. The van der Waals surface area contributed by atoms with Crippen LogP contribution in [0, 0.1) is 0 Å². The van der Waals surface area contributed by atoms with Crippen LogP contribution in [0.25, 0.3) is 22.7 Å². The molecule has 39 heavy (non-hydrogen) atoms. The molecule has 5 rings (SSSR count). The number of piperidine rings is 1. The minimum absolute atomic E-state index is 0.198. The summed E-state index contributed by atoms with van der Waals surface area (Å²) < 4.78 is 53.3. The Hall–Kier alpha value is -4.03. The number of H-pyrrole nitrogens is 1. The maximum Gasteiger partial charge on any atom is 0.416 e. The van der Waals surface area contributed by atoms with E-state index in [1.165, 1.54) is 15.2 Å². The maximum absolute atomic E-state index is 13.1. The normalized spacial score (nSPS) is 14.8. The van der Waals surface area contributed by atoms with E-state index in [2.05, 4.69) is 15.1 Å². The molecule has 0 bridgehead atoms. The molecule has 0 radical (unpaired) electrons. The smallest absolute Gasteiger partial charge is 0.416 e. The van der Waals surface area contributed by atoms with Crippen LogP contribution in [0.4, 0.5) is 18.9 Å². The number of imidazole rings is 1. The zero-order valence-electron chi connectivity index (χ0n) is 21.6. The van der Waals surface area contributed by atoms with Crippen molar-refractivity contribution in [2.45, 2.75) is 64.9 Å². The second-order valence-electron chi connectivity index (χ2n) is 9.56. The van der Waals surface area contributed by atoms with E-state index in [4.69, 9.17) is 9.26 Å². The number of ether oxygens (including phenoxy) is 1. The zero-order valence-corrected chi connectivity index (χ0v) is 21.6. The summed E-state index contributed by atoms with van der Waals surface area (Å²) in [4.78, 5) is 35.2. The largest absolute Gasteiger partial charge is 0.472 e. The Morgan fingerprint density at radius 1 is 1.08 bits per heavy atom. The third-order valence-electron chi connectivity index (χ3n) is 6.75. The number of benzene rings is 1. The summed E-state index contributed by atoms with van der Waals surface area (Å²) in [5, 5.41) is 3.97. The highest BCUT2D eigenvalue weighted by molar-refractivity contribution is 5.74. The van der Waals surface area contributed by atoms with Crippen molar-refractivity contribution in [1.82, 2.24) is 24.3 Å². The van der Waals surface area contributed by atoms with Crippen LogP contribution in [0.1, 0.15) is 45.1 Å². The zero-order chi connectivity index (χ0) is 27.7. The van der Waals surface area contributed by atoms with Crippen molar-refractivity contribution in [2.75, 3.05) is 18.0 Å². The second kappa shape index (κ2) is 10.6. The number of nitrogens with zero attached hydrogens (tertiary/aromatic N) is 5. The van der Waals surface area contributed by atoms with Gasteiger partial charge in [-0.3, -0.25) is 13.9 Å². The molecule has 208 valence electrons. The first-order chi connectivity index (χ1) is 18.7. The fourth-order valence-corrected chi connectivity index (χ4v) is 4.84. The van der Waals surface area contributed by atoms with Crippen molar-refractivity contribution in [2.24, 2.45) is 0 Å². The van der Waals surface area contributed by atoms with Gasteiger partial charge in [-0.1, -0.05) is 19.9 Å². The average Bonchev–Trinajstić information content (AvgIpc) is 3.57. The number of hydrogen-bond acceptors (Lipinski definition) is 7. The molecule has 4 heterocycles. The van der Waals surface area contributed by atoms with Crippen molar-refractivity contribution in [3.05, 3.63) is 56.7 Å². The molecular weight excluding hydrogens is 517 g/mol. The Bertz CT molecular complexity index is 1580. The molecule has 0 unspecified atom stereocenters. The number of hydrogen-bond donors (Lipinski definition) is 1. The van der Waals surface area contributed by atoms with Crippen molar-refractivity contribution in [3.8, 4) is 17.5 Å². The van der Waals surface area contributed by atoms with Gasteiger partial charge >= 0.3 is 11.9 Å². The lowest BCUT2D eigenvalue weighted by Crippen LogP contribution is -2.40. The lowest BCUT2D eigenvalue weighted by Gasteiger charge is -2.33. The lowest BCUT2D eigenvalue weighted by molar-refractivity contribution is -0.137. The van der Waals surface area contributed by atoms with E-state index in [0.717, 1.165) is 12.1 Å². The molecule has 4 aromatic rings. The lowest BCUT2D eigenvalue weighted by atomic mass is 10.1. The van der Waals surface area contributed by atoms with Gasteiger partial charge in [0.15, 0.2) is 17.0 Å². The summed E-state index contributed by atoms with van der Waals surface area (Å²) in [5.74, 6) is 0.735. The third kappa shape index (κ3) is 5.30. The summed E-state index contributed by atoms with van der Waals surface area (Å²) in [7, 11) is 0. The highest BCUT2D eigenvalue weighted by Gasteiger charge is 2.31. The molecule has 0 spiro atoms. The molecule has 13 heteroatoms. The standard InChI is InChI=1S/C26H29F3N6O4/c1-3-10-34-23-21(24(36)35(11-4-2)25(34)37)30-22(31-23)19-15-20(32-39-19)38-18-8-12-33(13-9-18)17-7-5-6-16(14-17)26(27,28)29/h5-7,14-15,18H,3-4,8-13H2,1-2H3,(H,30,31). The van der Waals surface area contributed by atoms with Crippen LogP contribution in [-0.2, 0) is 19.3 Å². The van der Waals surface area contributed by atoms with Gasteiger partial charge in [-0.15, -0.1) is 0 Å². The van der Waals surface area contributed by atoms with Gasteiger partial charge in [0.2, 0.25) is 5.76 Å². The summed E-state index contributed by atoms with van der Waals surface area (Å²) in [6.45, 7) is 5.60. The fraction of sp³-hybridized carbons (Fsp3) is 0.462. The van der Waals surface area contributed by atoms with Crippen LogP contribution in [0.2, 0.25) is 0 Å². The van der Waals surface area contributed by atoms with E-state index < -0.39 is 23.0 Å². The third-order valence-corrected chi connectivity index (χ3v) is 6.75. The van der Waals surface area contributed by atoms with Gasteiger partial charge in [-0.25, -0.2) is 9.78 Å². The van der Waals surface area contributed by atoms with Crippen LogP contribution in [0.15, 0.2) is 44.4 Å². The number of rotatable bonds is 8.